The number of benzene rings is 2. The van der Waals surface area contributed by atoms with Gasteiger partial charge in [0.05, 0.1) is 26.4 Å². The van der Waals surface area contributed by atoms with Crippen molar-refractivity contribution in [2.75, 3.05) is 21.3 Å². The predicted molar refractivity (Wildman–Crippen MR) is 87.9 cm³/mol. The highest BCUT2D eigenvalue weighted by molar-refractivity contribution is 5.97. The van der Waals surface area contributed by atoms with Crippen LogP contribution in [0, 0.1) is 0 Å². The predicted octanol–water partition coefficient (Wildman–Crippen LogP) is 2.78. The lowest BCUT2D eigenvalue weighted by atomic mass is 10.1. The van der Waals surface area contributed by atoms with Crippen molar-refractivity contribution in [3.63, 3.8) is 0 Å². The molecule has 0 saturated carbocycles. The number of carbonyl (C=O) groups excluding carboxylic acids is 1. The topological polar surface area (TPSA) is 56.8 Å². The fourth-order valence-electron chi connectivity index (χ4n) is 2.26. The molecule has 0 atom stereocenters. The summed E-state index contributed by atoms with van der Waals surface area (Å²) in [6.07, 6.45) is 0. The number of rotatable bonds is 7. The maximum Gasteiger partial charge on any atom is 0.255 e. The van der Waals surface area contributed by atoms with E-state index >= 15 is 0 Å². The number of hydrogen-bond acceptors (Lipinski definition) is 4. The second kappa shape index (κ2) is 8.19. The molecule has 0 aliphatic heterocycles. The third-order valence-corrected chi connectivity index (χ3v) is 3.43. The average molecular weight is 315 g/mol. The van der Waals surface area contributed by atoms with E-state index in [0.717, 1.165) is 11.1 Å². The van der Waals surface area contributed by atoms with E-state index in [2.05, 4.69) is 5.32 Å². The van der Waals surface area contributed by atoms with Crippen molar-refractivity contribution < 1.29 is 19.0 Å². The molecular formula is C18H21NO4. The summed E-state index contributed by atoms with van der Waals surface area (Å²) in [5.41, 5.74) is 2.56. The van der Waals surface area contributed by atoms with Gasteiger partial charge in [-0.05, 0) is 23.3 Å². The second-order valence-electron chi connectivity index (χ2n) is 4.97. The average Bonchev–Trinajstić information content (AvgIpc) is 2.60. The molecule has 2 aromatic rings. The monoisotopic (exact) mass is 315 g/mol. The first-order valence-electron chi connectivity index (χ1n) is 7.25. The van der Waals surface area contributed by atoms with E-state index in [-0.39, 0.29) is 5.91 Å². The number of para-hydroxylation sites is 1. The Kier molecular flexibility index (Phi) is 6.00. The van der Waals surface area contributed by atoms with E-state index in [9.17, 15) is 4.79 Å². The first kappa shape index (κ1) is 16.8. The zero-order valence-corrected chi connectivity index (χ0v) is 13.6. The SMILES string of the molecule is COCc1ccc(CNC(=O)c2cccc(OC)c2OC)cc1. The molecule has 1 amide bonds. The van der Waals surface area contributed by atoms with Crippen molar-refractivity contribution in [3.8, 4) is 11.5 Å². The van der Waals surface area contributed by atoms with Crippen LogP contribution in [0.1, 0.15) is 21.5 Å². The van der Waals surface area contributed by atoms with Crippen LogP contribution < -0.4 is 14.8 Å². The van der Waals surface area contributed by atoms with Crippen LogP contribution in [0.5, 0.6) is 11.5 Å². The van der Waals surface area contributed by atoms with Crippen molar-refractivity contribution in [3.05, 3.63) is 59.2 Å². The van der Waals surface area contributed by atoms with E-state index in [1.807, 2.05) is 24.3 Å². The Morgan fingerprint density at radius 1 is 0.957 bits per heavy atom. The third kappa shape index (κ3) is 4.23. The van der Waals surface area contributed by atoms with Crippen molar-refractivity contribution in [2.45, 2.75) is 13.2 Å². The summed E-state index contributed by atoms with van der Waals surface area (Å²) in [7, 11) is 4.72. The molecule has 2 rings (SSSR count). The fraction of sp³-hybridized carbons (Fsp3) is 0.278. The fourth-order valence-corrected chi connectivity index (χ4v) is 2.26. The number of ether oxygens (including phenoxy) is 3. The van der Waals surface area contributed by atoms with Crippen LogP contribution in [0.4, 0.5) is 0 Å². The van der Waals surface area contributed by atoms with Crippen molar-refractivity contribution in [1.29, 1.82) is 0 Å². The summed E-state index contributed by atoms with van der Waals surface area (Å²) in [5.74, 6) is 0.758. The Hall–Kier alpha value is -2.53. The molecule has 122 valence electrons. The Balaban J connectivity index is 2.05. The van der Waals surface area contributed by atoms with Gasteiger partial charge >= 0.3 is 0 Å². The van der Waals surface area contributed by atoms with Crippen LogP contribution in [-0.4, -0.2) is 27.2 Å². The van der Waals surface area contributed by atoms with Crippen LogP contribution in [-0.2, 0) is 17.9 Å². The highest BCUT2D eigenvalue weighted by Crippen LogP contribution is 2.30. The molecule has 0 aliphatic carbocycles. The largest absolute Gasteiger partial charge is 0.493 e. The molecule has 0 spiro atoms. The van der Waals surface area contributed by atoms with Gasteiger partial charge in [-0.3, -0.25) is 4.79 Å². The van der Waals surface area contributed by atoms with E-state index < -0.39 is 0 Å². The highest BCUT2D eigenvalue weighted by atomic mass is 16.5. The molecule has 0 heterocycles. The third-order valence-electron chi connectivity index (χ3n) is 3.43. The van der Waals surface area contributed by atoms with Gasteiger partial charge in [0.25, 0.3) is 5.91 Å². The van der Waals surface area contributed by atoms with Gasteiger partial charge < -0.3 is 19.5 Å². The summed E-state index contributed by atoms with van der Waals surface area (Å²) in [4.78, 5) is 12.4. The molecule has 0 bridgehead atoms. The molecule has 0 fully saturated rings. The molecule has 23 heavy (non-hydrogen) atoms. The lowest BCUT2D eigenvalue weighted by molar-refractivity contribution is 0.0947. The Labute approximate surface area is 136 Å². The van der Waals surface area contributed by atoms with E-state index in [1.54, 1.807) is 32.4 Å². The molecule has 0 saturated heterocycles. The minimum Gasteiger partial charge on any atom is -0.493 e. The summed E-state index contributed by atoms with van der Waals surface area (Å²) in [6.45, 7) is 1.01. The minimum atomic E-state index is -0.207. The van der Waals surface area contributed by atoms with E-state index in [1.165, 1.54) is 7.11 Å². The van der Waals surface area contributed by atoms with Crippen LogP contribution >= 0.6 is 0 Å². The number of carbonyl (C=O) groups is 1. The van der Waals surface area contributed by atoms with Gasteiger partial charge in [-0.1, -0.05) is 30.3 Å². The maximum atomic E-state index is 12.4. The number of methoxy groups -OCH3 is 3. The number of amides is 1. The Morgan fingerprint density at radius 2 is 1.65 bits per heavy atom. The van der Waals surface area contributed by atoms with Crippen molar-refractivity contribution in [1.82, 2.24) is 5.32 Å². The molecule has 0 aromatic heterocycles. The molecule has 5 nitrogen and oxygen atoms in total. The summed E-state index contributed by atoms with van der Waals surface area (Å²) in [6, 6.07) is 13.1. The number of hydrogen-bond donors (Lipinski definition) is 1. The minimum absolute atomic E-state index is 0.207. The molecule has 1 N–H and O–H groups in total. The lowest BCUT2D eigenvalue weighted by Crippen LogP contribution is -2.23. The normalized spacial score (nSPS) is 10.2. The molecule has 0 unspecified atom stereocenters. The quantitative estimate of drug-likeness (QED) is 0.853. The first-order valence-corrected chi connectivity index (χ1v) is 7.25. The van der Waals surface area contributed by atoms with Gasteiger partial charge in [0.15, 0.2) is 11.5 Å². The van der Waals surface area contributed by atoms with Crippen LogP contribution in [0.2, 0.25) is 0 Å². The zero-order chi connectivity index (χ0) is 16.7. The van der Waals surface area contributed by atoms with Gasteiger partial charge in [-0.2, -0.15) is 0 Å². The van der Waals surface area contributed by atoms with Gasteiger partial charge in [0.2, 0.25) is 0 Å². The van der Waals surface area contributed by atoms with Gasteiger partial charge in [0.1, 0.15) is 0 Å². The zero-order valence-electron chi connectivity index (χ0n) is 13.6. The second-order valence-corrected chi connectivity index (χ2v) is 4.97. The van der Waals surface area contributed by atoms with Crippen LogP contribution in [0.25, 0.3) is 0 Å². The van der Waals surface area contributed by atoms with E-state index in [4.69, 9.17) is 14.2 Å². The summed E-state index contributed by atoms with van der Waals surface area (Å²) in [5, 5.41) is 2.89. The van der Waals surface area contributed by atoms with Crippen molar-refractivity contribution >= 4 is 5.91 Å². The molecule has 0 radical (unpaired) electrons. The van der Waals surface area contributed by atoms with Crippen LogP contribution in [0.3, 0.4) is 0 Å². The summed E-state index contributed by atoms with van der Waals surface area (Å²) < 4.78 is 15.6. The molecule has 5 heteroatoms. The summed E-state index contributed by atoms with van der Waals surface area (Å²) >= 11 is 0. The van der Waals surface area contributed by atoms with Crippen LogP contribution in [0.15, 0.2) is 42.5 Å². The van der Waals surface area contributed by atoms with Gasteiger partial charge in [-0.15, -0.1) is 0 Å². The molecule has 2 aromatic carbocycles. The highest BCUT2D eigenvalue weighted by Gasteiger charge is 2.15. The van der Waals surface area contributed by atoms with Crippen molar-refractivity contribution in [2.24, 2.45) is 0 Å². The molecular weight excluding hydrogens is 294 g/mol. The smallest absolute Gasteiger partial charge is 0.255 e. The maximum absolute atomic E-state index is 12.4. The number of nitrogens with one attached hydrogen (secondary N) is 1. The lowest BCUT2D eigenvalue weighted by Gasteiger charge is -2.12. The molecule has 0 aliphatic rings. The van der Waals surface area contributed by atoms with E-state index in [0.29, 0.717) is 30.2 Å². The van der Waals surface area contributed by atoms with Gasteiger partial charge in [0, 0.05) is 13.7 Å². The Morgan fingerprint density at radius 3 is 2.26 bits per heavy atom. The Bertz CT molecular complexity index is 653. The van der Waals surface area contributed by atoms with Gasteiger partial charge in [-0.25, -0.2) is 0 Å². The standard InChI is InChI=1S/C18H21NO4/c1-21-12-14-9-7-13(8-10-14)11-19-18(20)15-5-4-6-16(22-2)17(15)23-3/h4-10H,11-12H2,1-3H3,(H,19,20). The first-order chi connectivity index (χ1) is 11.2.